The van der Waals surface area contributed by atoms with Crippen molar-refractivity contribution in [1.29, 1.82) is 0 Å². The van der Waals surface area contributed by atoms with Crippen molar-refractivity contribution >= 4 is 22.9 Å². The van der Waals surface area contributed by atoms with E-state index in [0.29, 0.717) is 0 Å². The molecule has 0 aliphatic heterocycles. The number of aryl methyl sites for hydroxylation is 1. The van der Waals surface area contributed by atoms with Crippen LogP contribution in [0.2, 0.25) is 0 Å². The number of anilines is 1. The molecule has 1 aromatic heterocycles. The third-order valence-corrected chi connectivity index (χ3v) is 5.22. The molecule has 0 spiro atoms. The van der Waals surface area contributed by atoms with Gasteiger partial charge in [0, 0.05) is 22.3 Å². The van der Waals surface area contributed by atoms with Crippen LogP contribution in [0.25, 0.3) is 10.6 Å². The number of nitrogens with two attached hydrogens (primary N) is 1. The molecule has 5 heteroatoms. The summed E-state index contributed by atoms with van der Waals surface area (Å²) in [6.07, 6.45) is 4.79. The van der Waals surface area contributed by atoms with Gasteiger partial charge in [-0.3, -0.25) is 4.79 Å². The van der Waals surface area contributed by atoms with Crippen molar-refractivity contribution in [3.63, 3.8) is 0 Å². The van der Waals surface area contributed by atoms with E-state index in [4.69, 9.17) is 5.73 Å². The highest BCUT2D eigenvalue weighted by atomic mass is 32.1. The van der Waals surface area contributed by atoms with Crippen molar-refractivity contribution in [3.8, 4) is 10.6 Å². The molecule has 3 rings (SSSR count). The smallest absolute Gasteiger partial charge is 0.244 e. The molecule has 22 heavy (non-hydrogen) atoms. The molecule has 1 amide bonds. The van der Waals surface area contributed by atoms with Crippen molar-refractivity contribution in [3.05, 3.63) is 35.3 Å². The molecule has 1 aromatic carbocycles. The number of nitrogens with zero attached hydrogens (tertiary/aromatic N) is 1. The standard InChI is InChI=1S/C17H21N3OS/c1-12-11-22-15(19-12)13-5-7-14(8-6-13)20-16(21)17(18)9-3-2-4-10-17/h5-8,11H,2-4,9-10,18H2,1H3,(H,20,21). The van der Waals surface area contributed by atoms with Gasteiger partial charge in [-0.2, -0.15) is 0 Å². The molecule has 0 unspecified atom stereocenters. The summed E-state index contributed by atoms with van der Waals surface area (Å²) in [5, 5.41) is 5.99. The maximum absolute atomic E-state index is 12.4. The monoisotopic (exact) mass is 315 g/mol. The normalized spacial score (nSPS) is 17.2. The Morgan fingerprint density at radius 2 is 1.91 bits per heavy atom. The molecule has 1 aliphatic carbocycles. The Kier molecular flexibility index (Phi) is 4.27. The largest absolute Gasteiger partial charge is 0.324 e. The summed E-state index contributed by atoms with van der Waals surface area (Å²) in [6, 6.07) is 7.79. The van der Waals surface area contributed by atoms with Gasteiger partial charge in [-0.05, 0) is 44.0 Å². The van der Waals surface area contributed by atoms with Gasteiger partial charge in [0.2, 0.25) is 5.91 Å². The molecule has 1 saturated carbocycles. The quantitative estimate of drug-likeness (QED) is 0.907. The first-order valence-corrected chi connectivity index (χ1v) is 8.58. The Balaban J connectivity index is 1.69. The first-order chi connectivity index (χ1) is 10.6. The van der Waals surface area contributed by atoms with Crippen molar-refractivity contribution in [1.82, 2.24) is 4.98 Å². The van der Waals surface area contributed by atoms with Crippen LogP contribution in [-0.4, -0.2) is 16.4 Å². The van der Waals surface area contributed by atoms with Crippen LogP contribution >= 0.6 is 11.3 Å². The van der Waals surface area contributed by atoms with Gasteiger partial charge in [0.15, 0.2) is 0 Å². The van der Waals surface area contributed by atoms with Crippen molar-refractivity contribution in [2.24, 2.45) is 5.73 Å². The summed E-state index contributed by atoms with van der Waals surface area (Å²) in [5.41, 5.74) is 8.43. The number of thiazole rings is 1. The fourth-order valence-electron chi connectivity index (χ4n) is 2.85. The van der Waals surface area contributed by atoms with Crippen LogP contribution in [-0.2, 0) is 4.79 Å². The molecule has 3 N–H and O–H groups in total. The summed E-state index contributed by atoms with van der Waals surface area (Å²) in [5.74, 6) is -0.0648. The van der Waals surface area contributed by atoms with Crippen LogP contribution in [0.15, 0.2) is 29.6 Å². The lowest BCUT2D eigenvalue weighted by Gasteiger charge is -2.31. The zero-order valence-electron chi connectivity index (χ0n) is 12.8. The summed E-state index contributed by atoms with van der Waals surface area (Å²) in [4.78, 5) is 16.9. The Bertz CT molecular complexity index is 657. The lowest BCUT2D eigenvalue weighted by Crippen LogP contribution is -2.52. The molecule has 0 atom stereocenters. The Morgan fingerprint density at radius 3 is 2.50 bits per heavy atom. The van der Waals surface area contributed by atoms with Crippen LogP contribution in [0.1, 0.15) is 37.8 Å². The lowest BCUT2D eigenvalue weighted by molar-refractivity contribution is -0.122. The number of carbonyl (C=O) groups is 1. The summed E-state index contributed by atoms with van der Waals surface area (Å²) in [6.45, 7) is 1.99. The Labute approximate surface area is 134 Å². The van der Waals surface area contributed by atoms with E-state index in [1.807, 2.05) is 36.6 Å². The number of benzene rings is 1. The zero-order chi connectivity index (χ0) is 15.6. The molecule has 116 valence electrons. The molecule has 1 fully saturated rings. The molecule has 0 bridgehead atoms. The van der Waals surface area contributed by atoms with E-state index < -0.39 is 5.54 Å². The molecule has 4 nitrogen and oxygen atoms in total. The topological polar surface area (TPSA) is 68.0 Å². The Hall–Kier alpha value is -1.72. The van der Waals surface area contributed by atoms with E-state index in [1.54, 1.807) is 11.3 Å². The molecule has 0 radical (unpaired) electrons. The van der Waals surface area contributed by atoms with Crippen LogP contribution < -0.4 is 11.1 Å². The number of nitrogens with one attached hydrogen (secondary N) is 1. The van der Waals surface area contributed by atoms with E-state index in [9.17, 15) is 4.79 Å². The third-order valence-electron chi connectivity index (χ3n) is 4.21. The zero-order valence-corrected chi connectivity index (χ0v) is 13.6. The van der Waals surface area contributed by atoms with E-state index >= 15 is 0 Å². The number of carbonyl (C=O) groups excluding carboxylic acids is 1. The molecule has 2 aromatic rings. The minimum absolute atomic E-state index is 0.0648. The SMILES string of the molecule is Cc1csc(-c2ccc(NC(=O)C3(N)CCCCC3)cc2)n1. The summed E-state index contributed by atoms with van der Waals surface area (Å²) < 4.78 is 0. The van der Waals surface area contributed by atoms with Gasteiger partial charge in [-0.25, -0.2) is 4.98 Å². The van der Waals surface area contributed by atoms with E-state index in [0.717, 1.165) is 47.6 Å². The van der Waals surface area contributed by atoms with Crippen molar-refractivity contribution in [2.75, 3.05) is 5.32 Å². The second-order valence-electron chi connectivity index (χ2n) is 6.04. The number of aromatic nitrogens is 1. The number of hydrogen-bond acceptors (Lipinski definition) is 4. The van der Waals surface area contributed by atoms with Gasteiger partial charge in [0.1, 0.15) is 5.01 Å². The predicted octanol–water partition coefficient (Wildman–Crippen LogP) is 3.72. The maximum Gasteiger partial charge on any atom is 0.244 e. The first-order valence-electron chi connectivity index (χ1n) is 7.70. The highest BCUT2D eigenvalue weighted by Crippen LogP contribution is 2.28. The third kappa shape index (κ3) is 3.20. The van der Waals surface area contributed by atoms with E-state index in [2.05, 4.69) is 10.3 Å². The molecule has 1 heterocycles. The van der Waals surface area contributed by atoms with E-state index in [1.165, 1.54) is 6.42 Å². The summed E-state index contributed by atoms with van der Waals surface area (Å²) in [7, 11) is 0. The van der Waals surface area contributed by atoms with Crippen molar-refractivity contribution in [2.45, 2.75) is 44.6 Å². The minimum Gasteiger partial charge on any atom is -0.324 e. The Morgan fingerprint density at radius 1 is 1.23 bits per heavy atom. The van der Waals surface area contributed by atoms with Crippen LogP contribution in [0.5, 0.6) is 0 Å². The van der Waals surface area contributed by atoms with Gasteiger partial charge in [-0.15, -0.1) is 11.3 Å². The number of hydrogen-bond donors (Lipinski definition) is 2. The number of amides is 1. The highest BCUT2D eigenvalue weighted by Gasteiger charge is 2.35. The van der Waals surface area contributed by atoms with Crippen LogP contribution in [0.4, 0.5) is 5.69 Å². The second-order valence-corrected chi connectivity index (χ2v) is 6.90. The van der Waals surface area contributed by atoms with Gasteiger partial charge < -0.3 is 11.1 Å². The molecular formula is C17H21N3OS. The highest BCUT2D eigenvalue weighted by molar-refractivity contribution is 7.13. The average molecular weight is 315 g/mol. The molecule has 0 saturated heterocycles. The van der Waals surface area contributed by atoms with Gasteiger partial charge >= 0.3 is 0 Å². The van der Waals surface area contributed by atoms with Gasteiger partial charge in [0.25, 0.3) is 0 Å². The number of rotatable bonds is 3. The van der Waals surface area contributed by atoms with Gasteiger partial charge in [0.05, 0.1) is 5.54 Å². The van der Waals surface area contributed by atoms with Gasteiger partial charge in [-0.1, -0.05) is 19.3 Å². The maximum atomic E-state index is 12.4. The average Bonchev–Trinajstić information content (AvgIpc) is 2.95. The summed E-state index contributed by atoms with van der Waals surface area (Å²) >= 11 is 1.63. The van der Waals surface area contributed by atoms with Crippen molar-refractivity contribution < 1.29 is 4.79 Å². The fourth-order valence-corrected chi connectivity index (χ4v) is 3.65. The fraction of sp³-hybridized carbons (Fsp3) is 0.412. The second kappa shape index (κ2) is 6.18. The van der Waals surface area contributed by atoms with Crippen LogP contribution in [0, 0.1) is 6.92 Å². The first kappa shape index (κ1) is 15.2. The predicted molar refractivity (Wildman–Crippen MR) is 90.9 cm³/mol. The lowest BCUT2D eigenvalue weighted by atomic mass is 9.82. The molecular weight excluding hydrogens is 294 g/mol. The van der Waals surface area contributed by atoms with Crippen LogP contribution in [0.3, 0.4) is 0 Å². The molecule has 1 aliphatic rings. The van der Waals surface area contributed by atoms with E-state index in [-0.39, 0.29) is 5.91 Å². The minimum atomic E-state index is -0.705.